The Hall–Kier alpha value is -2.18. The molecule has 30 heavy (non-hydrogen) atoms. The molecular weight excluding hydrogens is 380 g/mol. The normalized spacial score (nSPS) is 26.9. The number of piperidine rings is 1. The Morgan fingerprint density at radius 2 is 1.97 bits per heavy atom. The van der Waals surface area contributed by atoms with Crippen molar-refractivity contribution >= 4 is 5.97 Å². The molecule has 2 aliphatic rings. The maximum Gasteiger partial charge on any atom is 0.343 e. The van der Waals surface area contributed by atoms with Gasteiger partial charge in [0.15, 0.2) is 11.7 Å². The second-order valence-electron chi connectivity index (χ2n) is 9.27. The smallest absolute Gasteiger partial charge is 0.343 e. The van der Waals surface area contributed by atoms with E-state index in [4.69, 9.17) is 9.26 Å². The van der Waals surface area contributed by atoms with E-state index in [-0.39, 0.29) is 12.0 Å². The SMILES string of the molecule is C[N@+]1(CCc2ccon2)CCCC(OC(=O)C(O)(c2ccccc2)C2CCCC2)C1. The molecule has 4 rings (SSSR count). The van der Waals surface area contributed by atoms with Crippen LogP contribution < -0.4 is 0 Å². The lowest BCUT2D eigenvalue weighted by Crippen LogP contribution is -2.56. The Kier molecular flexibility index (Phi) is 6.25. The van der Waals surface area contributed by atoms with Gasteiger partial charge in [-0.25, -0.2) is 4.79 Å². The molecule has 0 amide bonds. The number of carbonyl (C=O) groups excluding carboxylic acids is 1. The zero-order valence-corrected chi connectivity index (χ0v) is 17.8. The van der Waals surface area contributed by atoms with Gasteiger partial charge in [-0.3, -0.25) is 0 Å². The fourth-order valence-corrected chi connectivity index (χ4v) is 5.22. The van der Waals surface area contributed by atoms with Crippen LogP contribution in [0.5, 0.6) is 0 Å². The minimum Gasteiger partial charge on any atom is -0.454 e. The lowest BCUT2D eigenvalue weighted by molar-refractivity contribution is -0.916. The van der Waals surface area contributed by atoms with Gasteiger partial charge in [0.2, 0.25) is 0 Å². The van der Waals surface area contributed by atoms with E-state index >= 15 is 0 Å². The van der Waals surface area contributed by atoms with Crippen LogP contribution in [0, 0.1) is 5.92 Å². The molecule has 2 fully saturated rings. The van der Waals surface area contributed by atoms with E-state index in [1.165, 1.54) is 0 Å². The van der Waals surface area contributed by atoms with Gasteiger partial charge in [-0.2, -0.15) is 0 Å². The molecule has 0 bridgehead atoms. The molecule has 2 aromatic rings. The van der Waals surface area contributed by atoms with Crippen LogP contribution >= 0.6 is 0 Å². The van der Waals surface area contributed by atoms with Gasteiger partial charge in [0.25, 0.3) is 0 Å². The Balaban J connectivity index is 1.45. The van der Waals surface area contributed by atoms with Crippen molar-refractivity contribution in [3.8, 4) is 0 Å². The monoisotopic (exact) mass is 413 g/mol. The van der Waals surface area contributed by atoms with Crippen LogP contribution in [0.25, 0.3) is 0 Å². The van der Waals surface area contributed by atoms with E-state index in [1.54, 1.807) is 6.26 Å². The number of carbonyl (C=O) groups is 1. The van der Waals surface area contributed by atoms with E-state index in [9.17, 15) is 9.90 Å². The molecule has 2 heterocycles. The first-order valence-corrected chi connectivity index (χ1v) is 11.2. The molecule has 1 aromatic carbocycles. The van der Waals surface area contributed by atoms with Gasteiger partial charge in [0.1, 0.15) is 12.8 Å². The Morgan fingerprint density at radius 3 is 2.67 bits per heavy atom. The summed E-state index contributed by atoms with van der Waals surface area (Å²) in [6.45, 7) is 2.74. The summed E-state index contributed by atoms with van der Waals surface area (Å²) in [6, 6.07) is 11.2. The number of likely N-dealkylation sites (N-methyl/N-ethyl adjacent to an activating group) is 1. The van der Waals surface area contributed by atoms with Gasteiger partial charge in [0, 0.05) is 24.8 Å². The van der Waals surface area contributed by atoms with E-state index < -0.39 is 11.6 Å². The number of hydrogen-bond donors (Lipinski definition) is 1. The molecule has 2 unspecified atom stereocenters. The van der Waals surface area contributed by atoms with Gasteiger partial charge in [-0.1, -0.05) is 48.3 Å². The molecule has 6 heteroatoms. The summed E-state index contributed by atoms with van der Waals surface area (Å²) in [5.41, 5.74) is 0.0495. The van der Waals surface area contributed by atoms with Crippen LogP contribution in [-0.2, 0) is 21.6 Å². The average molecular weight is 414 g/mol. The van der Waals surface area contributed by atoms with Crippen LogP contribution in [0.2, 0.25) is 0 Å². The van der Waals surface area contributed by atoms with Gasteiger partial charge in [0.05, 0.1) is 25.8 Å². The second kappa shape index (κ2) is 8.90. The summed E-state index contributed by atoms with van der Waals surface area (Å²) < 4.78 is 11.8. The average Bonchev–Trinajstić information content (AvgIpc) is 3.47. The molecule has 1 aliphatic heterocycles. The van der Waals surface area contributed by atoms with Gasteiger partial charge < -0.3 is 18.8 Å². The third kappa shape index (κ3) is 4.44. The highest BCUT2D eigenvalue weighted by atomic mass is 16.6. The first-order valence-electron chi connectivity index (χ1n) is 11.2. The van der Waals surface area contributed by atoms with Gasteiger partial charge in [-0.05, 0) is 24.8 Å². The molecule has 1 aliphatic carbocycles. The standard InChI is InChI=1S/C24H33N2O4/c1-26(16-13-21-14-17-29-25-21)15-7-12-22(18-26)30-23(27)24(28,20-10-5-6-11-20)19-8-3-2-4-9-19/h2-4,8-9,14,17,20,22,28H,5-7,10-13,15-16,18H2,1H3/q+1/t22?,24?,26-/m1/s1. The number of aliphatic hydroxyl groups is 1. The molecule has 1 saturated heterocycles. The Labute approximate surface area is 178 Å². The first-order chi connectivity index (χ1) is 14.5. The number of rotatable bonds is 7. The molecule has 1 saturated carbocycles. The van der Waals surface area contributed by atoms with Crippen LogP contribution in [0.1, 0.15) is 49.8 Å². The van der Waals surface area contributed by atoms with Crippen LogP contribution in [0.4, 0.5) is 0 Å². The third-order valence-electron chi connectivity index (χ3n) is 7.01. The maximum atomic E-state index is 13.4. The van der Waals surface area contributed by atoms with Crippen molar-refractivity contribution in [2.24, 2.45) is 5.92 Å². The van der Waals surface area contributed by atoms with E-state index in [2.05, 4.69) is 12.2 Å². The molecule has 1 N–H and O–H groups in total. The molecule has 162 valence electrons. The minimum absolute atomic E-state index is 0.0796. The number of benzene rings is 1. The summed E-state index contributed by atoms with van der Waals surface area (Å²) in [4.78, 5) is 13.4. The highest BCUT2D eigenvalue weighted by Gasteiger charge is 2.49. The summed E-state index contributed by atoms with van der Waals surface area (Å²) in [5.74, 6) is -0.556. The zero-order valence-electron chi connectivity index (χ0n) is 17.8. The Bertz CT molecular complexity index is 819. The lowest BCUT2D eigenvalue weighted by atomic mass is 9.80. The van der Waals surface area contributed by atoms with Crippen molar-refractivity contribution in [2.75, 3.05) is 26.7 Å². The first kappa shape index (κ1) is 21.1. The molecule has 3 atom stereocenters. The van der Waals surface area contributed by atoms with Crippen LogP contribution in [-0.4, -0.2) is 53.5 Å². The Morgan fingerprint density at radius 1 is 1.20 bits per heavy atom. The highest BCUT2D eigenvalue weighted by Crippen LogP contribution is 2.42. The highest BCUT2D eigenvalue weighted by molar-refractivity contribution is 5.81. The van der Waals surface area contributed by atoms with Gasteiger partial charge >= 0.3 is 5.97 Å². The van der Waals surface area contributed by atoms with Crippen molar-refractivity contribution in [2.45, 2.75) is 56.7 Å². The quantitative estimate of drug-likeness (QED) is 0.556. The number of hydrogen-bond acceptors (Lipinski definition) is 5. The summed E-state index contributed by atoms with van der Waals surface area (Å²) in [5, 5.41) is 15.6. The fraction of sp³-hybridized carbons (Fsp3) is 0.583. The maximum absolute atomic E-state index is 13.4. The predicted octanol–water partition coefficient (Wildman–Crippen LogP) is 3.45. The predicted molar refractivity (Wildman–Crippen MR) is 112 cm³/mol. The van der Waals surface area contributed by atoms with E-state index in [0.717, 1.165) is 74.8 Å². The van der Waals surface area contributed by atoms with Crippen molar-refractivity contribution in [3.05, 3.63) is 53.9 Å². The number of esters is 1. The summed E-state index contributed by atoms with van der Waals surface area (Å²) in [6.07, 6.45) is 7.92. The topological polar surface area (TPSA) is 72.6 Å². The zero-order chi connectivity index (χ0) is 21.0. The van der Waals surface area contributed by atoms with Crippen molar-refractivity contribution in [1.29, 1.82) is 0 Å². The van der Waals surface area contributed by atoms with Crippen molar-refractivity contribution < 1.29 is 23.6 Å². The third-order valence-corrected chi connectivity index (χ3v) is 7.01. The number of ether oxygens (including phenoxy) is 1. The van der Waals surface area contributed by atoms with Gasteiger partial charge in [-0.15, -0.1) is 0 Å². The minimum atomic E-state index is -1.56. The van der Waals surface area contributed by atoms with Crippen molar-refractivity contribution in [1.82, 2.24) is 5.16 Å². The molecule has 0 radical (unpaired) electrons. The lowest BCUT2D eigenvalue weighted by Gasteiger charge is -2.42. The molecular formula is C24H33N2O4+. The fourth-order valence-electron chi connectivity index (χ4n) is 5.22. The summed E-state index contributed by atoms with van der Waals surface area (Å²) in [7, 11) is 2.21. The largest absolute Gasteiger partial charge is 0.454 e. The number of aromatic nitrogens is 1. The molecule has 1 aromatic heterocycles. The van der Waals surface area contributed by atoms with Crippen LogP contribution in [0.15, 0.2) is 47.2 Å². The number of likely N-dealkylation sites (tertiary alicyclic amines) is 1. The molecule has 6 nitrogen and oxygen atoms in total. The number of quaternary nitrogens is 1. The summed E-state index contributed by atoms with van der Waals surface area (Å²) >= 11 is 0. The van der Waals surface area contributed by atoms with Crippen molar-refractivity contribution in [3.63, 3.8) is 0 Å². The second-order valence-corrected chi connectivity index (χ2v) is 9.27. The number of nitrogens with zero attached hydrogens (tertiary/aromatic N) is 2. The van der Waals surface area contributed by atoms with E-state index in [1.807, 2.05) is 36.4 Å². The van der Waals surface area contributed by atoms with Crippen LogP contribution in [0.3, 0.4) is 0 Å². The van der Waals surface area contributed by atoms with E-state index in [0.29, 0.717) is 5.56 Å². The molecule has 0 spiro atoms.